The summed E-state index contributed by atoms with van der Waals surface area (Å²) in [5.74, 6) is 2.87. The zero-order valence-corrected chi connectivity index (χ0v) is 13.0. The summed E-state index contributed by atoms with van der Waals surface area (Å²) < 4.78 is 0. The molecule has 0 aliphatic carbocycles. The van der Waals surface area contributed by atoms with E-state index in [0.717, 1.165) is 11.1 Å². The van der Waals surface area contributed by atoms with Crippen LogP contribution in [-0.4, -0.2) is 22.4 Å². The Morgan fingerprint density at radius 2 is 1.20 bits per heavy atom. The van der Waals surface area contributed by atoms with E-state index in [4.69, 9.17) is 0 Å². The van der Waals surface area contributed by atoms with Gasteiger partial charge in [0.15, 0.2) is 5.78 Å². The topological polar surface area (TPSA) is 17.1 Å². The van der Waals surface area contributed by atoms with Crippen molar-refractivity contribution in [2.75, 3.05) is 16.6 Å². The number of hydrogen-bond acceptors (Lipinski definition) is 3. The van der Waals surface area contributed by atoms with Gasteiger partial charge in [-0.3, -0.25) is 4.79 Å². The highest BCUT2D eigenvalue weighted by atomic mass is 32.2. The molecule has 0 aromatic heterocycles. The first kappa shape index (κ1) is 15.2. The molecule has 0 N–H and O–H groups in total. The lowest BCUT2D eigenvalue weighted by Gasteiger charge is -2.05. The van der Waals surface area contributed by atoms with Gasteiger partial charge in [-0.15, -0.1) is 0 Å². The molecule has 104 valence electrons. The Morgan fingerprint density at radius 3 is 1.50 bits per heavy atom. The van der Waals surface area contributed by atoms with Crippen LogP contribution < -0.4 is 0 Å². The highest BCUT2D eigenvalue weighted by molar-refractivity contribution is 8.16. The maximum atomic E-state index is 11.8. The first-order chi connectivity index (χ1) is 9.88. The molecule has 0 unspecified atom stereocenters. The van der Waals surface area contributed by atoms with Gasteiger partial charge in [-0.05, 0) is 17.9 Å². The van der Waals surface area contributed by atoms with Gasteiger partial charge in [-0.1, -0.05) is 60.7 Å². The molecule has 0 spiro atoms. The van der Waals surface area contributed by atoms with E-state index in [2.05, 4.69) is 23.5 Å². The Hall–Kier alpha value is -1.19. The van der Waals surface area contributed by atoms with Gasteiger partial charge in [0, 0.05) is 16.2 Å². The van der Waals surface area contributed by atoms with E-state index in [0.29, 0.717) is 0 Å². The fraction of sp³-hybridized carbons (Fsp3) is 0.235. The number of carbonyl (C=O) groups excluding carboxylic acids is 1. The Bertz CT molecular complexity index is 454. The number of rotatable bonds is 2. The minimum absolute atomic E-state index is 0.0752. The fourth-order valence-corrected chi connectivity index (χ4v) is 4.08. The predicted molar refractivity (Wildman–Crippen MR) is 90.7 cm³/mol. The molecule has 1 nitrogen and oxygen atoms in total. The molecule has 1 saturated heterocycles. The Balaban J connectivity index is 0.000000205. The van der Waals surface area contributed by atoms with E-state index in [9.17, 15) is 4.79 Å². The summed E-state index contributed by atoms with van der Waals surface area (Å²) >= 11 is 4.12. The lowest BCUT2D eigenvalue weighted by atomic mass is 10.0. The fourth-order valence-electron chi connectivity index (χ4n) is 1.79. The third-order valence-corrected chi connectivity index (χ3v) is 5.30. The highest BCUT2D eigenvalue weighted by Gasteiger charge is 2.06. The first-order valence-electron chi connectivity index (χ1n) is 6.68. The number of ketones is 1. The molecule has 0 bridgehead atoms. The van der Waals surface area contributed by atoms with Gasteiger partial charge < -0.3 is 0 Å². The van der Waals surface area contributed by atoms with Gasteiger partial charge in [0.1, 0.15) is 0 Å². The molecule has 0 atom stereocenters. The van der Waals surface area contributed by atoms with E-state index in [-0.39, 0.29) is 5.78 Å². The molecule has 0 radical (unpaired) electrons. The van der Waals surface area contributed by atoms with Gasteiger partial charge in [-0.25, -0.2) is 0 Å². The Kier molecular flexibility index (Phi) is 6.75. The quantitative estimate of drug-likeness (QED) is 0.746. The van der Waals surface area contributed by atoms with Crippen molar-refractivity contribution in [2.45, 2.75) is 6.42 Å². The lowest BCUT2D eigenvalue weighted by molar-refractivity contribution is 0.103. The Labute approximate surface area is 129 Å². The lowest BCUT2D eigenvalue weighted by Crippen LogP contribution is -1.99. The van der Waals surface area contributed by atoms with Crippen LogP contribution in [0.5, 0.6) is 0 Å². The number of carbonyl (C=O) groups is 1. The monoisotopic (exact) mass is 302 g/mol. The smallest absolute Gasteiger partial charge is 0.193 e. The predicted octanol–water partition coefficient (Wildman–Crippen LogP) is 4.73. The Morgan fingerprint density at radius 1 is 0.750 bits per heavy atom. The highest BCUT2D eigenvalue weighted by Crippen LogP contribution is 2.19. The van der Waals surface area contributed by atoms with Crippen molar-refractivity contribution < 1.29 is 4.79 Å². The van der Waals surface area contributed by atoms with Gasteiger partial charge >= 0.3 is 0 Å². The molecule has 0 amide bonds. The second-order valence-corrected chi connectivity index (χ2v) is 6.92. The molecule has 1 heterocycles. The van der Waals surface area contributed by atoms with Crippen molar-refractivity contribution in [1.82, 2.24) is 0 Å². The van der Waals surface area contributed by atoms with Gasteiger partial charge in [0.25, 0.3) is 0 Å². The molecule has 3 rings (SSSR count). The van der Waals surface area contributed by atoms with Crippen LogP contribution in [0, 0.1) is 0 Å². The molecule has 0 saturated carbocycles. The van der Waals surface area contributed by atoms with Crippen molar-refractivity contribution in [2.24, 2.45) is 0 Å². The van der Waals surface area contributed by atoms with Crippen LogP contribution in [0.2, 0.25) is 0 Å². The van der Waals surface area contributed by atoms with Crippen molar-refractivity contribution in [3.8, 4) is 0 Å². The molecule has 3 heteroatoms. The van der Waals surface area contributed by atoms with E-state index >= 15 is 0 Å². The maximum Gasteiger partial charge on any atom is 0.193 e. The average Bonchev–Trinajstić information content (AvgIpc) is 2.58. The van der Waals surface area contributed by atoms with Crippen LogP contribution >= 0.6 is 23.5 Å². The maximum absolute atomic E-state index is 11.8. The minimum atomic E-state index is 0.0752. The molecule has 2 aromatic carbocycles. The normalized spacial score (nSPS) is 14.0. The van der Waals surface area contributed by atoms with Crippen molar-refractivity contribution in [1.29, 1.82) is 0 Å². The summed E-state index contributed by atoms with van der Waals surface area (Å²) in [7, 11) is 0. The summed E-state index contributed by atoms with van der Waals surface area (Å²) in [6.07, 6.45) is 1.43. The largest absolute Gasteiger partial charge is 0.289 e. The molecular weight excluding hydrogens is 284 g/mol. The SMILES string of the molecule is C1CSCSC1.O=C(c1ccccc1)c1ccccc1. The van der Waals surface area contributed by atoms with Crippen molar-refractivity contribution in [3.63, 3.8) is 0 Å². The van der Waals surface area contributed by atoms with Crippen molar-refractivity contribution >= 4 is 29.3 Å². The van der Waals surface area contributed by atoms with Gasteiger partial charge in [-0.2, -0.15) is 23.5 Å². The van der Waals surface area contributed by atoms with E-state index in [1.165, 1.54) is 23.0 Å². The van der Waals surface area contributed by atoms with Crippen LogP contribution in [0.1, 0.15) is 22.3 Å². The summed E-state index contributed by atoms with van der Waals surface area (Å²) in [6, 6.07) is 18.6. The van der Waals surface area contributed by atoms with Gasteiger partial charge in [0.2, 0.25) is 0 Å². The number of thioether (sulfide) groups is 2. The van der Waals surface area contributed by atoms with E-state index in [1.807, 2.05) is 60.7 Å². The number of hydrogen-bond donors (Lipinski definition) is 0. The summed E-state index contributed by atoms with van der Waals surface area (Å²) in [5, 5.41) is 1.33. The molecule has 2 aromatic rings. The molecule has 20 heavy (non-hydrogen) atoms. The van der Waals surface area contributed by atoms with Crippen molar-refractivity contribution in [3.05, 3.63) is 71.8 Å². The second kappa shape index (κ2) is 8.88. The molecule has 1 aliphatic heterocycles. The summed E-state index contributed by atoms with van der Waals surface area (Å²) in [4.78, 5) is 11.8. The summed E-state index contributed by atoms with van der Waals surface area (Å²) in [5.41, 5.74) is 1.47. The second-order valence-electron chi connectivity index (χ2n) is 4.35. The van der Waals surface area contributed by atoms with Crippen LogP contribution in [0.15, 0.2) is 60.7 Å². The van der Waals surface area contributed by atoms with Gasteiger partial charge in [0.05, 0.1) is 0 Å². The molecular formula is C17H18OS2. The number of benzene rings is 2. The molecule has 1 fully saturated rings. The first-order valence-corrected chi connectivity index (χ1v) is 8.99. The molecule has 1 aliphatic rings. The summed E-state index contributed by atoms with van der Waals surface area (Å²) in [6.45, 7) is 0. The van der Waals surface area contributed by atoms with Crippen LogP contribution in [0.4, 0.5) is 0 Å². The zero-order chi connectivity index (χ0) is 14.0. The van der Waals surface area contributed by atoms with Crippen LogP contribution in [0.25, 0.3) is 0 Å². The van der Waals surface area contributed by atoms with Crippen LogP contribution in [-0.2, 0) is 0 Å². The van der Waals surface area contributed by atoms with E-state index in [1.54, 1.807) is 0 Å². The zero-order valence-electron chi connectivity index (χ0n) is 11.3. The van der Waals surface area contributed by atoms with E-state index < -0.39 is 0 Å². The minimum Gasteiger partial charge on any atom is -0.289 e. The van der Waals surface area contributed by atoms with Crippen LogP contribution in [0.3, 0.4) is 0 Å². The third-order valence-electron chi connectivity index (χ3n) is 2.82. The third kappa shape index (κ3) is 5.06. The average molecular weight is 302 g/mol. The standard InChI is InChI=1S/C13H10O.C4H8S2/c14-13(11-7-3-1-4-8-11)12-9-5-2-6-10-12;1-2-5-4-6-3-1/h1-10H;1-4H2.